The highest BCUT2D eigenvalue weighted by atomic mass is 31.2. The van der Waals surface area contributed by atoms with Crippen molar-refractivity contribution in [2.45, 2.75) is 20.0 Å². The Bertz CT molecular complexity index is 916. The quantitative estimate of drug-likeness (QED) is 0.516. The van der Waals surface area contributed by atoms with Gasteiger partial charge >= 0.3 is 7.60 Å². The first-order valence-electron chi connectivity index (χ1n) is 8.68. The summed E-state index contributed by atoms with van der Waals surface area (Å²) in [6.45, 7) is 4.25. The van der Waals surface area contributed by atoms with E-state index in [4.69, 9.17) is 9.05 Å². The van der Waals surface area contributed by atoms with E-state index in [0.717, 1.165) is 16.8 Å². The van der Waals surface area contributed by atoms with E-state index in [1.807, 2.05) is 24.3 Å². The summed E-state index contributed by atoms with van der Waals surface area (Å²) < 4.78 is 38.0. The summed E-state index contributed by atoms with van der Waals surface area (Å²) in [4.78, 5) is 0. The maximum absolute atomic E-state index is 13.0. The number of rotatable bonds is 8. The molecule has 0 spiro atoms. The van der Waals surface area contributed by atoms with Crippen LogP contribution in [0.1, 0.15) is 19.4 Å². The average Bonchev–Trinajstić information content (AvgIpc) is 3.13. The minimum absolute atomic E-state index is 0.215. The van der Waals surface area contributed by atoms with Crippen LogP contribution >= 0.6 is 7.60 Å². The highest BCUT2D eigenvalue weighted by molar-refractivity contribution is 7.53. The van der Waals surface area contributed by atoms with Crippen molar-refractivity contribution in [2.75, 3.05) is 13.2 Å². The Hall–Kier alpha value is -2.34. The lowest BCUT2D eigenvalue weighted by Gasteiger charge is -2.17. The first-order chi connectivity index (χ1) is 13.0. The summed E-state index contributed by atoms with van der Waals surface area (Å²) >= 11 is 0. The van der Waals surface area contributed by atoms with Crippen LogP contribution in [0, 0.1) is 5.82 Å². The molecular weight excluding hydrogens is 368 g/mol. The zero-order valence-electron chi connectivity index (χ0n) is 15.2. The lowest BCUT2D eigenvalue weighted by Crippen LogP contribution is -2.00. The van der Waals surface area contributed by atoms with E-state index in [1.54, 1.807) is 36.9 Å². The zero-order valence-corrected chi connectivity index (χ0v) is 16.1. The second-order valence-corrected chi connectivity index (χ2v) is 7.88. The molecule has 0 radical (unpaired) electrons. The van der Waals surface area contributed by atoms with Crippen molar-refractivity contribution in [1.82, 2.24) is 15.0 Å². The summed E-state index contributed by atoms with van der Waals surface area (Å²) in [5.74, 6) is -0.293. The number of hydrogen-bond acceptors (Lipinski definition) is 5. The Morgan fingerprint density at radius 2 is 1.63 bits per heavy atom. The highest BCUT2D eigenvalue weighted by Crippen LogP contribution is 2.51. The first-order valence-corrected chi connectivity index (χ1v) is 10.4. The normalized spacial score (nSPS) is 11.7. The molecule has 0 saturated heterocycles. The predicted octanol–water partition coefficient (Wildman–Crippen LogP) is 4.84. The van der Waals surface area contributed by atoms with Crippen LogP contribution in [0.25, 0.3) is 16.9 Å². The highest BCUT2D eigenvalue weighted by Gasteiger charge is 2.23. The van der Waals surface area contributed by atoms with E-state index in [9.17, 15) is 8.96 Å². The Kier molecular flexibility index (Phi) is 6.16. The Balaban J connectivity index is 1.76. The van der Waals surface area contributed by atoms with Crippen LogP contribution in [-0.4, -0.2) is 28.2 Å². The SMILES string of the molecule is CCOP(=O)(Cc1ccc(-n2cc(-c3ccc(F)cc3)nn2)cc1)OCC. The van der Waals surface area contributed by atoms with E-state index in [1.165, 1.54) is 12.1 Å². The van der Waals surface area contributed by atoms with E-state index in [2.05, 4.69) is 10.3 Å². The molecule has 0 fully saturated rings. The second kappa shape index (κ2) is 8.57. The van der Waals surface area contributed by atoms with Crippen LogP contribution in [-0.2, 0) is 19.8 Å². The molecule has 27 heavy (non-hydrogen) atoms. The molecule has 0 aliphatic rings. The molecular formula is C19H21FN3O3P. The van der Waals surface area contributed by atoms with Crippen molar-refractivity contribution in [2.24, 2.45) is 0 Å². The fraction of sp³-hybridized carbons (Fsp3) is 0.263. The monoisotopic (exact) mass is 389 g/mol. The number of halogens is 1. The van der Waals surface area contributed by atoms with Gasteiger partial charge in [-0.05, 0) is 55.8 Å². The van der Waals surface area contributed by atoms with Gasteiger partial charge in [0.25, 0.3) is 0 Å². The van der Waals surface area contributed by atoms with E-state index < -0.39 is 7.60 Å². The third-order valence-corrected chi connectivity index (χ3v) is 5.92. The molecule has 0 aliphatic heterocycles. The fourth-order valence-corrected chi connectivity index (χ4v) is 4.34. The van der Waals surface area contributed by atoms with Crippen molar-refractivity contribution in [3.63, 3.8) is 0 Å². The molecule has 8 heteroatoms. The molecule has 142 valence electrons. The summed E-state index contributed by atoms with van der Waals surface area (Å²) in [6.07, 6.45) is 1.99. The van der Waals surface area contributed by atoms with Crippen molar-refractivity contribution in [1.29, 1.82) is 0 Å². The first kappa shape index (κ1) is 19.4. The molecule has 0 amide bonds. The third kappa shape index (κ3) is 4.89. The van der Waals surface area contributed by atoms with Gasteiger partial charge in [0.15, 0.2) is 0 Å². The molecule has 0 aliphatic carbocycles. The van der Waals surface area contributed by atoms with Crippen LogP contribution in [0.5, 0.6) is 0 Å². The van der Waals surface area contributed by atoms with Gasteiger partial charge in [-0.3, -0.25) is 4.57 Å². The van der Waals surface area contributed by atoms with Gasteiger partial charge in [0.1, 0.15) is 11.5 Å². The summed E-state index contributed by atoms with van der Waals surface area (Å²) in [7, 11) is -3.13. The van der Waals surface area contributed by atoms with Gasteiger partial charge in [-0.1, -0.05) is 17.3 Å². The second-order valence-electron chi connectivity index (χ2n) is 5.83. The summed E-state index contributed by atoms with van der Waals surface area (Å²) in [5.41, 5.74) is 3.09. The van der Waals surface area contributed by atoms with Crippen molar-refractivity contribution in [3.8, 4) is 16.9 Å². The Morgan fingerprint density at radius 3 is 2.22 bits per heavy atom. The van der Waals surface area contributed by atoms with E-state index >= 15 is 0 Å². The van der Waals surface area contributed by atoms with Gasteiger partial charge in [-0.25, -0.2) is 9.07 Å². The molecule has 3 aromatic rings. The Morgan fingerprint density at radius 1 is 1.00 bits per heavy atom. The van der Waals surface area contributed by atoms with Crippen molar-refractivity contribution in [3.05, 3.63) is 66.1 Å². The summed E-state index contributed by atoms with van der Waals surface area (Å²) in [5, 5.41) is 8.25. The molecule has 2 aromatic carbocycles. The zero-order chi connectivity index (χ0) is 19.3. The maximum Gasteiger partial charge on any atom is 0.335 e. The smallest absolute Gasteiger partial charge is 0.309 e. The van der Waals surface area contributed by atoms with Gasteiger partial charge in [-0.15, -0.1) is 5.10 Å². The molecule has 0 atom stereocenters. The molecule has 1 heterocycles. The minimum atomic E-state index is -3.13. The lowest BCUT2D eigenvalue weighted by molar-refractivity contribution is 0.219. The predicted molar refractivity (Wildman–Crippen MR) is 101 cm³/mol. The third-order valence-electron chi connectivity index (χ3n) is 3.86. The number of aromatic nitrogens is 3. The van der Waals surface area contributed by atoms with Crippen molar-refractivity contribution >= 4 is 7.60 Å². The van der Waals surface area contributed by atoms with Crippen LogP contribution in [0.4, 0.5) is 4.39 Å². The van der Waals surface area contributed by atoms with Crippen LogP contribution < -0.4 is 0 Å². The molecule has 0 N–H and O–H groups in total. The van der Waals surface area contributed by atoms with Crippen molar-refractivity contribution < 1.29 is 18.0 Å². The summed E-state index contributed by atoms with van der Waals surface area (Å²) in [6, 6.07) is 13.5. The Labute approximate surface area is 157 Å². The fourth-order valence-electron chi connectivity index (χ4n) is 2.64. The van der Waals surface area contributed by atoms with E-state index in [-0.39, 0.29) is 12.0 Å². The van der Waals surface area contributed by atoms with E-state index in [0.29, 0.717) is 18.9 Å². The molecule has 3 rings (SSSR count). The molecule has 0 unspecified atom stereocenters. The number of nitrogens with zero attached hydrogens (tertiary/aromatic N) is 3. The van der Waals surface area contributed by atoms with Gasteiger partial charge < -0.3 is 9.05 Å². The van der Waals surface area contributed by atoms with Gasteiger partial charge in [0, 0.05) is 5.56 Å². The van der Waals surface area contributed by atoms with Crippen LogP contribution in [0.3, 0.4) is 0 Å². The lowest BCUT2D eigenvalue weighted by atomic mass is 10.2. The molecule has 0 saturated carbocycles. The average molecular weight is 389 g/mol. The topological polar surface area (TPSA) is 66.2 Å². The van der Waals surface area contributed by atoms with Gasteiger partial charge in [-0.2, -0.15) is 0 Å². The standard InChI is InChI=1S/C19H21FN3O3P/c1-3-25-27(24,26-4-2)14-15-5-11-18(12-6-15)23-13-19(21-22-23)16-7-9-17(20)10-8-16/h5-13H,3-4,14H2,1-2H3. The largest absolute Gasteiger partial charge is 0.335 e. The van der Waals surface area contributed by atoms with Crippen LogP contribution in [0.15, 0.2) is 54.7 Å². The van der Waals surface area contributed by atoms with Gasteiger partial charge in [0.05, 0.1) is 31.3 Å². The number of benzene rings is 2. The van der Waals surface area contributed by atoms with Gasteiger partial charge in [0.2, 0.25) is 0 Å². The minimum Gasteiger partial charge on any atom is -0.309 e. The van der Waals surface area contributed by atoms with Crippen LogP contribution in [0.2, 0.25) is 0 Å². The maximum atomic E-state index is 13.0. The molecule has 0 bridgehead atoms. The number of hydrogen-bond donors (Lipinski definition) is 0. The molecule has 6 nitrogen and oxygen atoms in total. The molecule has 1 aromatic heterocycles.